The summed E-state index contributed by atoms with van der Waals surface area (Å²) >= 11 is 11.9. The number of amidine groups is 1. The van der Waals surface area contributed by atoms with Crippen LogP contribution in [-0.2, 0) is 11.4 Å². The molecule has 26 heavy (non-hydrogen) atoms. The van der Waals surface area contributed by atoms with Gasteiger partial charge in [-0.05, 0) is 36.4 Å². The van der Waals surface area contributed by atoms with E-state index in [0.29, 0.717) is 15.6 Å². The molecule has 1 heterocycles. The number of hydrogen-bond donors (Lipinski definition) is 1. The number of hydrogen-bond acceptors (Lipinski definition) is 5. The summed E-state index contributed by atoms with van der Waals surface area (Å²) in [6, 6.07) is 7.94. The van der Waals surface area contributed by atoms with Gasteiger partial charge < -0.3 is 15.0 Å². The molecule has 0 unspecified atom stereocenters. The fourth-order valence-electron chi connectivity index (χ4n) is 1.95. The predicted molar refractivity (Wildman–Crippen MR) is 91.6 cm³/mol. The van der Waals surface area contributed by atoms with E-state index in [1.54, 1.807) is 18.2 Å². The van der Waals surface area contributed by atoms with E-state index >= 15 is 0 Å². The molecule has 3 rings (SSSR count). The molecule has 2 N–H and O–H groups in total. The van der Waals surface area contributed by atoms with Gasteiger partial charge in [0.05, 0.1) is 10.6 Å². The second kappa shape index (κ2) is 7.67. The van der Waals surface area contributed by atoms with E-state index in [4.69, 9.17) is 38.2 Å². The summed E-state index contributed by atoms with van der Waals surface area (Å²) in [6.07, 6.45) is 0. The van der Waals surface area contributed by atoms with Gasteiger partial charge in [0, 0.05) is 10.6 Å². The summed E-state index contributed by atoms with van der Waals surface area (Å²) in [6.45, 7) is -0.178. The van der Waals surface area contributed by atoms with Gasteiger partial charge in [-0.15, -0.1) is 10.2 Å². The molecule has 6 nitrogen and oxygen atoms in total. The minimum atomic E-state index is -1.04. The Morgan fingerprint density at radius 1 is 1.12 bits per heavy atom. The number of oxime groups is 1. The van der Waals surface area contributed by atoms with Gasteiger partial charge in [-0.2, -0.15) is 0 Å². The van der Waals surface area contributed by atoms with Crippen LogP contribution in [0.5, 0.6) is 0 Å². The molecule has 0 bridgehead atoms. The van der Waals surface area contributed by atoms with E-state index in [-0.39, 0.29) is 29.8 Å². The first-order valence-electron chi connectivity index (χ1n) is 7.12. The number of halogens is 4. The lowest BCUT2D eigenvalue weighted by Gasteiger charge is -2.01. The summed E-state index contributed by atoms with van der Waals surface area (Å²) in [5, 5.41) is 12.1. The first kappa shape index (κ1) is 18.1. The Hall–Kier alpha value is -2.71. The van der Waals surface area contributed by atoms with Gasteiger partial charge in [0.15, 0.2) is 24.1 Å². The van der Waals surface area contributed by atoms with Crippen molar-refractivity contribution in [2.24, 2.45) is 10.9 Å². The SMILES string of the molecule is NC(=NOCc1nnc(-c2ccc(Cl)cc2Cl)o1)c1ccc(F)c(F)c1. The Bertz CT molecular complexity index is 979. The Balaban J connectivity index is 1.67. The number of nitrogens with two attached hydrogens (primary N) is 1. The van der Waals surface area contributed by atoms with E-state index in [1.807, 2.05) is 0 Å². The number of benzene rings is 2. The normalized spacial score (nSPS) is 11.6. The van der Waals surface area contributed by atoms with Crippen LogP contribution in [0.25, 0.3) is 11.5 Å². The third-order valence-corrected chi connectivity index (χ3v) is 3.74. The average Bonchev–Trinajstić information content (AvgIpc) is 3.05. The molecule has 0 saturated carbocycles. The van der Waals surface area contributed by atoms with Crippen LogP contribution in [0.4, 0.5) is 8.78 Å². The molecule has 0 radical (unpaired) electrons. The maximum atomic E-state index is 13.2. The third kappa shape index (κ3) is 4.09. The van der Waals surface area contributed by atoms with E-state index in [2.05, 4.69) is 15.4 Å². The van der Waals surface area contributed by atoms with Gasteiger partial charge in [0.1, 0.15) is 0 Å². The van der Waals surface area contributed by atoms with Crippen molar-refractivity contribution in [3.8, 4) is 11.5 Å². The van der Waals surface area contributed by atoms with E-state index < -0.39 is 11.6 Å². The lowest BCUT2D eigenvalue weighted by Crippen LogP contribution is -2.14. The first-order chi connectivity index (χ1) is 12.4. The van der Waals surface area contributed by atoms with Gasteiger partial charge >= 0.3 is 0 Å². The van der Waals surface area contributed by atoms with Crippen molar-refractivity contribution >= 4 is 29.0 Å². The van der Waals surface area contributed by atoms with Crippen LogP contribution >= 0.6 is 23.2 Å². The van der Waals surface area contributed by atoms with Crippen LogP contribution in [0, 0.1) is 11.6 Å². The monoisotopic (exact) mass is 398 g/mol. The minimum Gasteiger partial charge on any atom is -0.417 e. The van der Waals surface area contributed by atoms with Crippen molar-refractivity contribution in [2.75, 3.05) is 0 Å². The Morgan fingerprint density at radius 3 is 2.65 bits per heavy atom. The highest BCUT2D eigenvalue weighted by atomic mass is 35.5. The van der Waals surface area contributed by atoms with Crippen molar-refractivity contribution in [1.29, 1.82) is 0 Å². The quantitative estimate of drug-likeness (QED) is 0.396. The first-order valence-corrected chi connectivity index (χ1v) is 7.88. The highest BCUT2D eigenvalue weighted by Gasteiger charge is 2.13. The number of nitrogens with zero attached hydrogens (tertiary/aromatic N) is 3. The smallest absolute Gasteiger partial charge is 0.257 e. The van der Waals surface area contributed by atoms with Crippen molar-refractivity contribution in [3.05, 3.63) is 69.5 Å². The molecule has 3 aromatic rings. The maximum Gasteiger partial charge on any atom is 0.257 e. The van der Waals surface area contributed by atoms with Gasteiger partial charge in [0.2, 0.25) is 5.89 Å². The second-order valence-corrected chi connectivity index (χ2v) is 5.85. The summed E-state index contributed by atoms with van der Waals surface area (Å²) in [4.78, 5) is 5.00. The van der Waals surface area contributed by atoms with Crippen LogP contribution in [0.15, 0.2) is 46.0 Å². The number of rotatable bonds is 5. The van der Waals surface area contributed by atoms with Crippen LogP contribution in [-0.4, -0.2) is 16.0 Å². The molecular weight excluding hydrogens is 389 g/mol. The summed E-state index contributed by atoms with van der Waals surface area (Å²) in [5.74, 6) is -1.86. The molecule has 0 aliphatic carbocycles. The molecule has 0 amide bonds. The molecule has 0 spiro atoms. The highest BCUT2D eigenvalue weighted by Crippen LogP contribution is 2.29. The lowest BCUT2D eigenvalue weighted by atomic mass is 10.2. The third-order valence-electron chi connectivity index (χ3n) is 3.19. The van der Waals surface area contributed by atoms with Crippen molar-refractivity contribution in [2.45, 2.75) is 6.61 Å². The zero-order valence-electron chi connectivity index (χ0n) is 12.9. The Morgan fingerprint density at radius 2 is 1.92 bits per heavy atom. The fraction of sp³-hybridized carbons (Fsp3) is 0.0625. The molecule has 0 fully saturated rings. The second-order valence-electron chi connectivity index (χ2n) is 5.00. The topological polar surface area (TPSA) is 86.5 Å². The average molecular weight is 399 g/mol. The number of aromatic nitrogens is 2. The summed E-state index contributed by atoms with van der Waals surface area (Å²) in [7, 11) is 0. The Kier molecular flexibility index (Phi) is 5.34. The molecule has 0 saturated heterocycles. The highest BCUT2D eigenvalue weighted by molar-refractivity contribution is 6.36. The van der Waals surface area contributed by atoms with Gasteiger partial charge in [-0.1, -0.05) is 28.4 Å². The van der Waals surface area contributed by atoms with E-state index in [0.717, 1.165) is 12.1 Å². The van der Waals surface area contributed by atoms with Crippen molar-refractivity contribution < 1.29 is 18.0 Å². The van der Waals surface area contributed by atoms with Crippen molar-refractivity contribution in [3.63, 3.8) is 0 Å². The van der Waals surface area contributed by atoms with Crippen LogP contribution in [0.3, 0.4) is 0 Å². The van der Waals surface area contributed by atoms with Crippen LogP contribution in [0.1, 0.15) is 11.5 Å². The largest absolute Gasteiger partial charge is 0.417 e. The lowest BCUT2D eigenvalue weighted by molar-refractivity contribution is 0.111. The van der Waals surface area contributed by atoms with E-state index in [1.165, 1.54) is 6.07 Å². The summed E-state index contributed by atoms with van der Waals surface area (Å²) in [5.41, 5.74) is 6.33. The molecule has 0 aliphatic heterocycles. The molecule has 134 valence electrons. The Labute approximate surface area is 156 Å². The van der Waals surface area contributed by atoms with Gasteiger partial charge in [-0.3, -0.25) is 0 Å². The van der Waals surface area contributed by atoms with E-state index in [9.17, 15) is 8.78 Å². The zero-order valence-corrected chi connectivity index (χ0v) is 14.4. The van der Waals surface area contributed by atoms with Gasteiger partial charge in [-0.25, -0.2) is 8.78 Å². The minimum absolute atomic E-state index is 0.118. The molecule has 2 aromatic carbocycles. The van der Waals surface area contributed by atoms with Crippen LogP contribution in [0.2, 0.25) is 10.0 Å². The zero-order chi connectivity index (χ0) is 18.7. The van der Waals surface area contributed by atoms with Crippen molar-refractivity contribution in [1.82, 2.24) is 10.2 Å². The van der Waals surface area contributed by atoms with Gasteiger partial charge in [0.25, 0.3) is 5.89 Å². The summed E-state index contributed by atoms with van der Waals surface area (Å²) < 4.78 is 31.5. The standard InChI is InChI=1S/C16H10Cl2F2N4O2/c17-9-2-3-10(11(18)6-9)16-23-22-14(26-16)7-25-24-15(21)8-1-4-12(19)13(20)5-8/h1-6H,7H2,(H2,21,24). The molecule has 0 atom stereocenters. The molecular formula is C16H10Cl2F2N4O2. The molecule has 10 heteroatoms. The maximum absolute atomic E-state index is 13.2. The predicted octanol–water partition coefficient (Wildman–Crippen LogP) is 4.16. The van der Waals surface area contributed by atoms with Crippen LogP contribution < -0.4 is 5.73 Å². The molecule has 0 aliphatic rings. The fourth-order valence-corrected chi connectivity index (χ4v) is 2.44. The molecule has 1 aromatic heterocycles.